The van der Waals surface area contributed by atoms with Gasteiger partial charge in [0.25, 0.3) is 0 Å². The third-order valence-electron chi connectivity index (χ3n) is 6.53. The quantitative estimate of drug-likeness (QED) is 0.269. The third kappa shape index (κ3) is 3.48. The Kier molecular flexibility index (Phi) is 4.74. The number of benzene rings is 4. The van der Waals surface area contributed by atoms with Crippen molar-refractivity contribution in [2.45, 2.75) is 0 Å². The Labute approximate surface area is 208 Å². The molecule has 2 aromatic heterocycles. The molecule has 0 bridgehead atoms. The maximum Gasteiger partial charge on any atom is 0.0987 e. The molecule has 4 aromatic carbocycles. The number of rotatable bonds is 2. The van der Waals surface area contributed by atoms with Crippen molar-refractivity contribution in [3.63, 3.8) is 0 Å². The third-order valence-corrected chi connectivity index (χ3v) is 6.53. The number of nitrogens with zero attached hydrogens (tertiary/aromatic N) is 4. The van der Waals surface area contributed by atoms with Crippen molar-refractivity contribution >= 4 is 44.3 Å². The Morgan fingerprint density at radius 1 is 0.389 bits per heavy atom. The summed E-state index contributed by atoms with van der Waals surface area (Å²) in [5.74, 6) is 0. The first-order valence-corrected chi connectivity index (χ1v) is 11.9. The highest BCUT2D eigenvalue weighted by molar-refractivity contribution is 6.22. The number of hydrogen-bond donors (Lipinski definition) is 0. The lowest BCUT2D eigenvalue weighted by atomic mass is 9.98. The molecule has 168 valence electrons. The molecule has 0 N–H and O–H groups in total. The second-order valence-corrected chi connectivity index (χ2v) is 8.79. The minimum atomic E-state index is 0.804. The number of hydrogen-bond acceptors (Lipinski definition) is 4. The van der Waals surface area contributed by atoms with Crippen LogP contribution in [0.3, 0.4) is 0 Å². The van der Waals surface area contributed by atoms with Crippen LogP contribution in [0.15, 0.2) is 132 Å². The molecule has 1 aliphatic heterocycles. The smallest absolute Gasteiger partial charge is 0.0987 e. The summed E-state index contributed by atoms with van der Waals surface area (Å²) in [6, 6.07) is 36.9. The molecule has 7 rings (SSSR count). The van der Waals surface area contributed by atoms with E-state index in [-0.39, 0.29) is 0 Å². The SMILES string of the molecule is c1ccc2c(c1)/N=C(/c1cc3ccccc3cn1)c1ccccc1/N=C\2c1cc2ccccc2cn1. The Morgan fingerprint density at radius 2 is 0.778 bits per heavy atom. The highest BCUT2D eigenvalue weighted by Crippen LogP contribution is 2.33. The van der Waals surface area contributed by atoms with E-state index in [4.69, 9.17) is 20.0 Å². The molecule has 0 spiro atoms. The van der Waals surface area contributed by atoms with Crippen molar-refractivity contribution in [1.82, 2.24) is 9.97 Å². The van der Waals surface area contributed by atoms with Gasteiger partial charge in [-0.15, -0.1) is 0 Å². The summed E-state index contributed by atoms with van der Waals surface area (Å²) < 4.78 is 0. The predicted octanol–water partition coefficient (Wildman–Crippen LogP) is 7.43. The van der Waals surface area contributed by atoms with Crippen molar-refractivity contribution in [3.05, 3.63) is 144 Å². The average Bonchev–Trinajstić information content (AvgIpc) is 2.94. The van der Waals surface area contributed by atoms with E-state index in [0.717, 1.165) is 66.9 Å². The van der Waals surface area contributed by atoms with Gasteiger partial charge in [0.15, 0.2) is 0 Å². The fourth-order valence-electron chi connectivity index (χ4n) is 4.72. The number of aromatic nitrogens is 2. The summed E-state index contributed by atoms with van der Waals surface area (Å²) in [7, 11) is 0. The first-order valence-electron chi connectivity index (χ1n) is 11.9. The highest BCUT2D eigenvalue weighted by atomic mass is 14.9. The van der Waals surface area contributed by atoms with Crippen LogP contribution in [0.5, 0.6) is 0 Å². The Morgan fingerprint density at radius 3 is 1.25 bits per heavy atom. The molecule has 0 aliphatic carbocycles. The lowest BCUT2D eigenvalue weighted by Crippen LogP contribution is -2.12. The van der Waals surface area contributed by atoms with Crippen LogP contribution in [-0.2, 0) is 0 Å². The van der Waals surface area contributed by atoms with Gasteiger partial charge in [-0.2, -0.15) is 0 Å². The van der Waals surface area contributed by atoms with Gasteiger partial charge in [-0.05, 0) is 35.0 Å². The van der Waals surface area contributed by atoms with E-state index in [2.05, 4.69) is 48.5 Å². The molecule has 1 aliphatic rings. The molecule has 36 heavy (non-hydrogen) atoms. The second-order valence-electron chi connectivity index (χ2n) is 8.79. The van der Waals surface area contributed by atoms with Gasteiger partial charge < -0.3 is 0 Å². The van der Waals surface area contributed by atoms with Crippen LogP contribution in [0.1, 0.15) is 22.5 Å². The molecule has 0 atom stereocenters. The van der Waals surface area contributed by atoms with Gasteiger partial charge in [0.05, 0.1) is 34.2 Å². The Hall–Kier alpha value is -4.96. The fraction of sp³-hybridized carbons (Fsp3) is 0. The van der Waals surface area contributed by atoms with E-state index in [9.17, 15) is 0 Å². The van der Waals surface area contributed by atoms with Crippen LogP contribution in [0.4, 0.5) is 11.4 Å². The molecule has 6 aromatic rings. The zero-order valence-corrected chi connectivity index (χ0v) is 19.3. The van der Waals surface area contributed by atoms with Gasteiger partial charge >= 0.3 is 0 Å². The second kappa shape index (κ2) is 8.36. The van der Waals surface area contributed by atoms with Crippen LogP contribution in [-0.4, -0.2) is 21.4 Å². The van der Waals surface area contributed by atoms with Crippen molar-refractivity contribution in [2.75, 3.05) is 0 Å². The predicted molar refractivity (Wildman–Crippen MR) is 147 cm³/mol. The maximum atomic E-state index is 5.20. The molecule has 0 fully saturated rings. The van der Waals surface area contributed by atoms with E-state index in [1.54, 1.807) is 0 Å². The summed E-state index contributed by atoms with van der Waals surface area (Å²) in [5.41, 5.74) is 6.80. The van der Waals surface area contributed by atoms with Crippen molar-refractivity contribution in [2.24, 2.45) is 9.98 Å². The summed E-state index contributed by atoms with van der Waals surface area (Å²) in [6.45, 7) is 0. The van der Waals surface area contributed by atoms with E-state index in [1.807, 2.05) is 73.1 Å². The van der Waals surface area contributed by atoms with E-state index >= 15 is 0 Å². The number of para-hydroxylation sites is 2. The number of aliphatic imine (C=N–C) groups is 2. The zero-order valence-electron chi connectivity index (χ0n) is 19.3. The zero-order chi connectivity index (χ0) is 23.9. The Balaban J connectivity index is 1.48. The Bertz CT molecular complexity index is 1710. The van der Waals surface area contributed by atoms with Gasteiger partial charge in [-0.25, -0.2) is 9.98 Å². The van der Waals surface area contributed by atoms with Crippen LogP contribution < -0.4 is 0 Å². The molecular formula is C32H20N4. The van der Waals surface area contributed by atoms with Crippen molar-refractivity contribution in [1.29, 1.82) is 0 Å². The standard InChI is InChI=1S/C32H20N4/c1-3-11-23-19-33-29(17-21(23)9-1)31-25-13-5-7-15-27(25)36-32(26-14-6-8-16-28(26)35-31)30-18-22-10-2-4-12-24(22)20-34-30/h1-20H/b31-25?,32-26?,35-28?,35-31+,36-27?,36-32+. The lowest BCUT2D eigenvalue weighted by molar-refractivity contribution is 1.28. The molecule has 0 saturated carbocycles. The first kappa shape index (κ1) is 20.4. The van der Waals surface area contributed by atoms with Crippen LogP contribution in [0.25, 0.3) is 21.5 Å². The molecular weight excluding hydrogens is 440 g/mol. The fourth-order valence-corrected chi connectivity index (χ4v) is 4.72. The van der Waals surface area contributed by atoms with Crippen LogP contribution in [0.2, 0.25) is 0 Å². The molecule has 0 radical (unpaired) electrons. The number of pyridine rings is 2. The number of fused-ring (bicyclic) bond motifs is 4. The molecule has 0 saturated heterocycles. The summed E-state index contributed by atoms with van der Waals surface area (Å²) in [4.78, 5) is 20.0. The molecule has 4 heteroatoms. The summed E-state index contributed by atoms with van der Waals surface area (Å²) >= 11 is 0. The van der Waals surface area contributed by atoms with Crippen LogP contribution in [0, 0.1) is 0 Å². The normalized spacial score (nSPS) is 15.7. The molecule has 0 unspecified atom stereocenters. The first-order chi connectivity index (χ1) is 17.8. The largest absolute Gasteiger partial charge is 0.254 e. The van der Waals surface area contributed by atoms with Gasteiger partial charge in [0.2, 0.25) is 0 Å². The lowest BCUT2D eigenvalue weighted by Gasteiger charge is -2.17. The van der Waals surface area contributed by atoms with Gasteiger partial charge in [0, 0.05) is 34.3 Å². The topological polar surface area (TPSA) is 50.5 Å². The minimum absolute atomic E-state index is 0.804. The molecule has 3 heterocycles. The van der Waals surface area contributed by atoms with Gasteiger partial charge in [-0.3, -0.25) is 9.97 Å². The summed E-state index contributed by atoms with van der Waals surface area (Å²) in [5, 5.41) is 4.46. The van der Waals surface area contributed by atoms with Gasteiger partial charge in [0.1, 0.15) is 0 Å². The summed E-state index contributed by atoms with van der Waals surface area (Å²) in [6.07, 6.45) is 3.82. The molecule has 0 amide bonds. The van der Waals surface area contributed by atoms with Crippen molar-refractivity contribution < 1.29 is 0 Å². The average molecular weight is 461 g/mol. The van der Waals surface area contributed by atoms with E-state index < -0.39 is 0 Å². The van der Waals surface area contributed by atoms with E-state index in [0.29, 0.717) is 0 Å². The minimum Gasteiger partial charge on any atom is -0.254 e. The highest BCUT2D eigenvalue weighted by Gasteiger charge is 2.21. The monoisotopic (exact) mass is 460 g/mol. The van der Waals surface area contributed by atoms with Gasteiger partial charge in [-0.1, -0.05) is 84.9 Å². The maximum absolute atomic E-state index is 5.20. The molecule has 4 nitrogen and oxygen atoms in total. The van der Waals surface area contributed by atoms with E-state index in [1.165, 1.54) is 0 Å². The van der Waals surface area contributed by atoms with Crippen LogP contribution >= 0.6 is 0 Å². The van der Waals surface area contributed by atoms with Crippen molar-refractivity contribution in [3.8, 4) is 0 Å².